The van der Waals surface area contributed by atoms with Gasteiger partial charge in [-0.15, -0.1) is 4.40 Å². The number of para-hydroxylation sites is 1. The van der Waals surface area contributed by atoms with Gasteiger partial charge in [0.1, 0.15) is 4.90 Å². The van der Waals surface area contributed by atoms with Crippen LogP contribution in [0.4, 0.5) is 14.5 Å². The van der Waals surface area contributed by atoms with Gasteiger partial charge in [-0.1, -0.05) is 24.3 Å². The standard InChI is InChI=1S/C13H7ClF2N2O2S/c14-13-17-12-8(7-3-1-5-9(15)11(7)16)4-2-6-10(12)21(19,20)18-13/h1-6H,(H,17,18). The lowest BCUT2D eigenvalue weighted by Crippen LogP contribution is -2.17. The molecule has 0 saturated heterocycles. The van der Waals surface area contributed by atoms with Crippen molar-refractivity contribution in [3.8, 4) is 11.1 Å². The number of benzene rings is 2. The van der Waals surface area contributed by atoms with E-state index in [-0.39, 0.29) is 27.0 Å². The monoisotopic (exact) mass is 328 g/mol. The van der Waals surface area contributed by atoms with Gasteiger partial charge in [0, 0.05) is 11.1 Å². The molecule has 21 heavy (non-hydrogen) atoms. The number of halogens is 3. The van der Waals surface area contributed by atoms with Crippen molar-refractivity contribution in [2.75, 3.05) is 5.32 Å². The number of hydrogen-bond donors (Lipinski definition) is 1. The van der Waals surface area contributed by atoms with E-state index in [2.05, 4.69) is 9.71 Å². The maximum atomic E-state index is 13.9. The smallest absolute Gasteiger partial charge is 0.287 e. The molecule has 1 N–H and O–H groups in total. The lowest BCUT2D eigenvalue weighted by Gasteiger charge is -2.18. The van der Waals surface area contributed by atoms with Gasteiger partial charge in [-0.05, 0) is 23.7 Å². The van der Waals surface area contributed by atoms with E-state index in [0.29, 0.717) is 0 Å². The van der Waals surface area contributed by atoms with Crippen LogP contribution in [0.25, 0.3) is 11.1 Å². The summed E-state index contributed by atoms with van der Waals surface area (Å²) in [7, 11) is -3.97. The Morgan fingerprint density at radius 1 is 1.05 bits per heavy atom. The predicted octanol–water partition coefficient (Wildman–Crippen LogP) is 3.34. The zero-order valence-corrected chi connectivity index (χ0v) is 11.8. The Morgan fingerprint density at radius 2 is 1.71 bits per heavy atom. The quantitative estimate of drug-likeness (QED) is 0.817. The predicted molar refractivity (Wildman–Crippen MR) is 75.9 cm³/mol. The molecule has 0 aliphatic carbocycles. The summed E-state index contributed by atoms with van der Waals surface area (Å²) in [6.45, 7) is 0. The molecule has 1 aliphatic heterocycles. The minimum atomic E-state index is -3.97. The third kappa shape index (κ3) is 2.28. The number of sulfonamides is 1. The van der Waals surface area contributed by atoms with E-state index >= 15 is 0 Å². The SMILES string of the molecule is O=S1(=O)N=C(Cl)Nc2c(-c3cccc(F)c3F)cccc21. The van der Waals surface area contributed by atoms with E-state index in [4.69, 9.17) is 11.6 Å². The number of nitrogens with one attached hydrogen (secondary N) is 1. The molecular weight excluding hydrogens is 322 g/mol. The first-order valence-corrected chi connectivity index (χ1v) is 7.57. The van der Waals surface area contributed by atoms with Crippen LogP contribution in [-0.2, 0) is 10.0 Å². The van der Waals surface area contributed by atoms with Gasteiger partial charge in [-0.3, -0.25) is 0 Å². The van der Waals surface area contributed by atoms with Crippen LogP contribution in [0.2, 0.25) is 0 Å². The molecular formula is C13H7ClF2N2O2S. The molecule has 0 bridgehead atoms. The van der Waals surface area contributed by atoms with Gasteiger partial charge in [-0.25, -0.2) is 8.78 Å². The maximum absolute atomic E-state index is 13.9. The van der Waals surface area contributed by atoms with Crippen molar-refractivity contribution in [2.24, 2.45) is 4.40 Å². The Kier molecular flexibility index (Phi) is 3.18. The van der Waals surface area contributed by atoms with Crippen molar-refractivity contribution in [3.63, 3.8) is 0 Å². The highest BCUT2D eigenvalue weighted by Gasteiger charge is 2.27. The number of hydrogen-bond acceptors (Lipinski definition) is 3. The second kappa shape index (κ2) is 4.78. The molecule has 0 radical (unpaired) electrons. The number of rotatable bonds is 1. The molecule has 0 aromatic heterocycles. The maximum Gasteiger partial charge on any atom is 0.287 e. The molecule has 2 aromatic carbocycles. The molecule has 4 nitrogen and oxygen atoms in total. The molecule has 2 aromatic rings. The van der Waals surface area contributed by atoms with Gasteiger partial charge in [0.2, 0.25) is 5.29 Å². The molecule has 0 spiro atoms. The summed E-state index contributed by atoms with van der Waals surface area (Å²) in [6.07, 6.45) is 0. The minimum absolute atomic E-state index is 0.0686. The molecule has 0 fully saturated rings. The summed E-state index contributed by atoms with van der Waals surface area (Å²) in [5.41, 5.74) is 0.184. The van der Waals surface area contributed by atoms with Crippen molar-refractivity contribution in [2.45, 2.75) is 4.90 Å². The molecule has 8 heteroatoms. The van der Waals surface area contributed by atoms with Crippen LogP contribution in [0, 0.1) is 11.6 Å². The zero-order chi connectivity index (χ0) is 15.2. The van der Waals surface area contributed by atoms with E-state index in [1.807, 2.05) is 0 Å². The third-order valence-corrected chi connectivity index (χ3v) is 4.57. The fourth-order valence-corrected chi connectivity index (χ4v) is 3.48. The fourth-order valence-electron chi connectivity index (χ4n) is 2.09. The Hall–Kier alpha value is -1.99. The number of anilines is 1. The Morgan fingerprint density at radius 3 is 2.48 bits per heavy atom. The minimum Gasteiger partial charge on any atom is -0.328 e. The van der Waals surface area contributed by atoms with Gasteiger partial charge in [0.15, 0.2) is 11.6 Å². The summed E-state index contributed by atoms with van der Waals surface area (Å²) in [5.74, 6) is -2.09. The van der Waals surface area contributed by atoms with Gasteiger partial charge in [-0.2, -0.15) is 8.42 Å². The van der Waals surface area contributed by atoms with E-state index < -0.39 is 21.7 Å². The number of amidine groups is 1. The second-order valence-corrected chi connectivity index (χ2v) is 6.19. The van der Waals surface area contributed by atoms with Crippen LogP contribution < -0.4 is 5.32 Å². The third-order valence-electron chi connectivity index (χ3n) is 2.97. The van der Waals surface area contributed by atoms with Crippen molar-refractivity contribution < 1.29 is 17.2 Å². The van der Waals surface area contributed by atoms with E-state index in [1.54, 1.807) is 0 Å². The van der Waals surface area contributed by atoms with Crippen molar-refractivity contribution in [1.82, 2.24) is 0 Å². The Balaban J connectivity index is 2.32. The Labute approximate surface area is 124 Å². The van der Waals surface area contributed by atoms with Gasteiger partial charge in [0.25, 0.3) is 10.0 Å². The molecule has 0 unspecified atom stereocenters. The highest BCUT2D eigenvalue weighted by atomic mass is 35.5. The summed E-state index contributed by atoms with van der Waals surface area (Å²) >= 11 is 5.65. The van der Waals surface area contributed by atoms with Crippen LogP contribution in [-0.4, -0.2) is 13.7 Å². The number of nitrogens with zero attached hydrogens (tertiary/aromatic N) is 1. The molecule has 1 heterocycles. The van der Waals surface area contributed by atoms with Gasteiger partial charge < -0.3 is 5.32 Å². The second-order valence-electron chi connectivity index (χ2n) is 4.26. The average Bonchev–Trinajstić information content (AvgIpc) is 2.41. The van der Waals surface area contributed by atoms with Crippen molar-refractivity contribution in [1.29, 1.82) is 0 Å². The molecule has 0 saturated carbocycles. The van der Waals surface area contributed by atoms with Gasteiger partial charge >= 0.3 is 0 Å². The first kappa shape index (κ1) is 14.0. The van der Waals surface area contributed by atoms with E-state index in [1.165, 1.54) is 30.3 Å². The van der Waals surface area contributed by atoms with Crippen molar-refractivity contribution >= 4 is 32.6 Å². The molecule has 108 valence electrons. The lowest BCUT2D eigenvalue weighted by atomic mass is 10.0. The summed E-state index contributed by atoms with van der Waals surface area (Å²) in [6, 6.07) is 7.86. The first-order valence-electron chi connectivity index (χ1n) is 5.75. The van der Waals surface area contributed by atoms with Crippen LogP contribution >= 0.6 is 11.6 Å². The zero-order valence-electron chi connectivity index (χ0n) is 10.3. The highest BCUT2D eigenvalue weighted by molar-refractivity contribution is 7.90. The van der Waals surface area contributed by atoms with E-state index in [0.717, 1.165) is 6.07 Å². The fraction of sp³-hybridized carbons (Fsp3) is 0. The largest absolute Gasteiger partial charge is 0.328 e. The molecule has 0 atom stereocenters. The highest BCUT2D eigenvalue weighted by Crippen LogP contribution is 2.38. The topological polar surface area (TPSA) is 58.5 Å². The molecule has 1 aliphatic rings. The lowest BCUT2D eigenvalue weighted by molar-refractivity contribution is 0.511. The summed E-state index contributed by atoms with van der Waals surface area (Å²) < 4.78 is 54.5. The van der Waals surface area contributed by atoms with Crippen molar-refractivity contribution in [3.05, 3.63) is 48.0 Å². The van der Waals surface area contributed by atoms with Crippen LogP contribution in [0.15, 0.2) is 45.7 Å². The molecule has 3 rings (SSSR count). The first-order chi connectivity index (χ1) is 9.90. The molecule has 0 amide bonds. The van der Waals surface area contributed by atoms with E-state index in [9.17, 15) is 17.2 Å². The number of fused-ring (bicyclic) bond motifs is 1. The van der Waals surface area contributed by atoms with Crippen LogP contribution in [0.5, 0.6) is 0 Å². The normalized spacial score (nSPS) is 15.9. The summed E-state index contributed by atoms with van der Waals surface area (Å²) in [4.78, 5) is -0.145. The van der Waals surface area contributed by atoms with Gasteiger partial charge in [0.05, 0.1) is 5.69 Å². The average molecular weight is 329 g/mol. The Bertz CT molecular complexity index is 882. The van der Waals surface area contributed by atoms with Crippen LogP contribution in [0.1, 0.15) is 0 Å². The summed E-state index contributed by atoms with van der Waals surface area (Å²) in [5, 5.41) is 2.22. The van der Waals surface area contributed by atoms with Crippen LogP contribution in [0.3, 0.4) is 0 Å².